The summed E-state index contributed by atoms with van der Waals surface area (Å²) >= 11 is 0. The number of hydrogen-bond donors (Lipinski definition) is 0. The first-order valence-corrected chi connectivity index (χ1v) is 9.94. The average molecular weight is 400 g/mol. The predicted octanol–water partition coefficient (Wildman–Crippen LogP) is 5.63. The third-order valence-electron chi connectivity index (χ3n) is 5.41. The van der Waals surface area contributed by atoms with Gasteiger partial charge in [-0.2, -0.15) is 5.10 Å². The van der Waals surface area contributed by atoms with E-state index in [9.17, 15) is 4.39 Å². The van der Waals surface area contributed by atoms with Gasteiger partial charge in [-0.05, 0) is 48.0 Å². The molecule has 150 valence electrons. The normalized spacial score (nSPS) is 19.4. The molecule has 0 fully saturated rings. The fourth-order valence-electron chi connectivity index (χ4n) is 3.95. The van der Waals surface area contributed by atoms with Crippen LogP contribution in [0.2, 0.25) is 0 Å². The Morgan fingerprint density at radius 2 is 1.83 bits per heavy atom. The Bertz CT molecular complexity index is 1090. The van der Waals surface area contributed by atoms with E-state index in [1.165, 1.54) is 12.1 Å². The lowest BCUT2D eigenvalue weighted by atomic mass is 9.96. The van der Waals surface area contributed by atoms with E-state index in [2.05, 4.69) is 12.6 Å². The summed E-state index contributed by atoms with van der Waals surface area (Å²) < 4.78 is 25.3. The highest BCUT2D eigenvalue weighted by atomic mass is 19.1. The molecule has 0 aromatic heterocycles. The van der Waals surface area contributed by atoms with Crippen molar-refractivity contribution in [3.63, 3.8) is 0 Å². The number of para-hydroxylation sites is 1. The molecule has 3 aromatic rings. The minimum absolute atomic E-state index is 0.0664. The van der Waals surface area contributed by atoms with Crippen LogP contribution in [0.15, 0.2) is 90.6 Å². The number of rotatable bonds is 5. The smallest absolute Gasteiger partial charge is 0.213 e. The molecule has 30 heavy (non-hydrogen) atoms. The van der Waals surface area contributed by atoms with Crippen LogP contribution in [0.5, 0.6) is 11.5 Å². The first-order valence-electron chi connectivity index (χ1n) is 9.94. The standard InChI is InChI=1S/C25H21FN2O2/c1-2-15-29-20-13-9-17(10-14-20)22-16-23-21-5-3-4-6-24(21)30-25(28(23)27-22)18-7-11-19(26)12-8-18/h2-14,23,25H,1,15-16H2/t23-,25-/m0/s1. The first kappa shape index (κ1) is 18.4. The van der Waals surface area contributed by atoms with Crippen LogP contribution in [0.4, 0.5) is 4.39 Å². The van der Waals surface area contributed by atoms with Gasteiger partial charge in [0.1, 0.15) is 23.9 Å². The van der Waals surface area contributed by atoms with E-state index in [4.69, 9.17) is 14.6 Å². The van der Waals surface area contributed by atoms with Crippen molar-refractivity contribution in [2.45, 2.75) is 18.7 Å². The van der Waals surface area contributed by atoms with Crippen LogP contribution in [0.3, 0.4) is 0 Å². The maximum Gasteiger partial charge on any atom is 0.213 e. The highest BCUT2D eigenvalue weighted by molar-refractivity contribution is 6.02. The fraction of sp³-hybridized carbons (Fsp3) is 0.160. The third-order valence-corrected chi connectivity index (χ3v) is 5.41. The minimum Gasteiger partial charge on any atom is -0.490 e. The Morgan fingerprint density at radius 3 is 2.60 bits per heavy atom. The molecule has 5 heteroatoms. The molecule has 0 N–H and O–H groups in total. The molecule has 0 spiro atoms. The van der Waals surface area contributed by atoms with Crippen molar-refractivity contribution in [2.75, 3.05) is 6.61 Å². The van der Waals surface area contributed by atoms with E-state index in [0.29, 0.717) is 6.61 Å². The van der Waals surface area contributed by atoms with Gasteiger partial charge in [0.15, 0.2) is 0 Å². The maximum atomic E-state index is 13.5. The Balaban J connectivity index is 1.49. The molecule has 2 atom stereocenters. The van der Waals surface area contributed by atoms with Crippen molar-refractivity contribution in [2.24, 2.45) is 5.10 Å². The largest absolute Gasteiger partial charge is 0.490 e. The van der Waals surface area contributed by atoms with Crippen molar-refractivity contribution in [3.05, 3.63) is 108 Å². The van der Waals surface area contributed by atoms with E-state index >= 15 is 0 Å². The lowest BCUT2D eigenvalue weighted by Gasteiger charge is -2.38. The van der Waals surface area contributed by atoms with E-state index in [1.54, 1.807) is 18.2 Å². The number of nitrogens with zero attached hydrogens (tertiary/aromatic N) is 2. The molecular formula is C25H21FN2O2. The molecule has 0 saturated carbocycles. The monoisotopic (exact) mass is 400 g/mol. The number of benzene rings is 3. The van der Waals surface area contributed by atoms with Crippen LogP contribution >= 0.6 is 0 Å². The van der Waals surface area contributed by atoms with Gasteiger partial charge in [0.2, 0.25) is 6.23 Å². The summed E-state index contributed by atoms with van der Waals surface area (Å²) in [6, 6.07) is 22.5. The lowest BCUT2D eigenvalue weighted by Crippen LogP contribution is -2.33. The topological polar surface area (TPSA) is 34.1 Å². The molecule has 2 aliphatic heterocycles. The van der Waals surface area contributed by atoms with Gasteiger partial charge < -0.3 is 9.47 Å². The molecule has 4 nitrogen and oxygen atoms in total. The fourth-order valence-corrected chi connectivity index (χ4v) is 3.95. The first-order chi connectivity index (χ1) is 14.7. The minimum atomic E-state index is -0.404. The van der Waals surface area contributed by atoms with Gasteiger partial charge in [-0.15, -0.1) is 0 Å². The van der Waals surface area contributed by atoms with Crippen LogP contribution in [0.1, 0.15) is 35.4 Å². The number of hydrazone groups is 1. The van der Waals surface area contributed by atoms with E-state index in [0.717, 1.165) is 40.3 Å². The van der Waals surface area contributed by atoms with Gasteiger partial charge in [0.05, 0.1) is 11.8 Å². The Labute approximate surface area is 174 Å². The second-order valence-electron chi connectivity index (χ2n) is 7.33. The summed E-state index contributed by atoms with van der Waals surface area (Å²) in [6.07, 6.45) is 2.09. The Morgan fingerprint density at radius 1 is 1.07 bits per heavy atom. The van der Waals surface area contributed by atoms with Gasteiger partial charge >= 0.3 is 0 Å². The Hall–Kier alpha value is -3.60. The van der Waals surface area contributed by atoms with Crippen LogP contribution < -0.4 is 9.47 Å². The molecule has 0 bridgehead atoms. The van der Waals surface area contributed by atoms with Crippen molar-refractivity contribution in [1.82, 2.24) is 5.01 Å². The number of ether oxygens (including phenoxy) is 2. The zero-order chi connectivity index (χ0) is 20.5. The van der Waals surface area contributed by atoms with E-state index < -0.39 is 6.23 Å². The number of fused-ring (bicyclic) bond motifs is 3. The van der Waals surface area contributed by atoms with Crippen LogP contribution in [-0.4, -0.2) is 17.3 Å². The second-order valence-corrected chi connectivity index (χ2v) is 7.33. The maximum absolute atomic E-state index is 13.5. The molecule has 0 aliphatic carbocycles. The average Bonchev–Trinajstić information content (AvgIpc) is 3.24. The molecule has 0 saturated heterocycles. The van der Waals surface area contributed by atoms with Crippen molar-refractivity contribution < 1.29 is 13.9 Å². The summed E-state index contributed by atoms with van der Waals surface area (Å²) in [5.74, 6) is 1.38. The quantitative estimate of drug-likeness (QED) is 0.520. The summed E-state index contributed by atoms with van der Waals surface area (Å²) in [5.41, 5.74) is 4.02. The highest BCUT2D eigenvalue weighted by Gasteiger charge is 2.40. The highest BCUT2D eigenvalue weighted by Crippen LogP contribution is 2.47. The van der Waals surface area contributed by atoms with E-state index in [-0.39, 0.29) is 11.9 Å². The van der Waals surface area contributed by atoms with Crippen molar-refractivity contribution in [1.29, 1.82) is 0 Å². The Kier molecular flexibility index (Phi) is 4.71. The molecule has 0 unspecified atom stereocenters. The summed E-state index contributed by atoms with van der Waals surface area (Å²) in [5, 5.41) is 6.92. The van der Waals surface area contributed by atoms with Crippen molar-refractivity contribution >= 4 is 5.71 Å². The van der Waals surface area contributed by atoms with Gasteiger partial charge in [-0.3, -0.25) is 0 Å². The van der Waals surface area contributed by atoms with Gasteiger partial charge in [0, 0.05) is 17.5 Å². The van der Waals surface area contributed by atoms with Crippen LogP contribution in [0, 0.1) is 5.82 Å². The number of halogens is 1. The number of hydrogen-bond acceptors (Lipinski definition) is 4. The lowest BCUT2D eigenvalue weighted by molar-refractivity contribution is -0.0190. The van der Waals surface area contributed by atoms with Crippen molar-refractivity contribution in [3.8, 4) is 11.5 Å². The van der Waals surface area contributed by atoms with Gasteiger partial charge in [-0.25, -0.2) is 9.40 Å². The van der Waals surface area contributed by atoms with Crippen LogP contribution in [0.25, 0.3) is 0 Å². The third kappa shape index (κ3) is 3.32. The van der Waals surface area contributed by atoms with E-state index in [1.807, 2.05) is 47.5 Å². The molecule has 5 rings (SSSR count). The molecule has 0 radical (unpaired) electrons. The molecular weight excluding hydrogens is 379 g/mol. The molecule has 3 aromatic carbocycles. The molecule has 0 amide bonds. The summed E-state index contributed by atoms with van der Waals surface area (Å²) in [4.78, 5) is 0. The summed E-state index contributed by atoms with van der Waals surface area (Å²) in [7, 11) is 0. The zero-order valence-electron chi connectivity index (χ0n) is 16.4. The zero-order valence-corrected chi connectivity index (χ0v) is 16.4. The SMILES string of the molecule is C=CCOc1ccc(C2=NN3[C@@H](C2)c2ccccc2O[C@H]3c2ccc(F)cc2)cc1. The predicted molar refractivity (Wildman–Crippen MR) is 114 cm³/mol. The molecule has 2 aliphatic rings. The van der Waals surface area contributed by atoms with Gasteiger partial charge in [-0.1, -0.05) is 43.0 Å². The van der Waals surface area contributed by atoms with Gasteiger partial charge in [0.25, 0.3) is 0 Å². The summed E-state index contributed by atoms with van der Waals surface area (Å²) in [6.45, 7) is 4.15. The second kappa shape index (κ2) is 7.67. The van der Waals surface area contributed by atoms with Crippen LogP contribution in [-0.2, 0) is 0 Å². The molecule has 2 heterocycles.